The first kappa shape index (κ1) is 14.0. The molecular formula is C14H21N3O2. The van der Waals surface area contributed by atoms with E-state index in [9.17, 15) is 5.11 Å². The van der Waals surface area contributed by atoms with Gasteiger partial charge in [-0.3, -0.25) is 0 Å². The molecule has 1 atom stereocenters. The fourth-order valence-corrected chi connectivity index (χ4v) is 2.72. The molecule has 1 unspecified atom stereocenters. The lowest BCUT2D eigenvalue weighted by molar-refractivity contribution is 0.166. The van der Waals surface area contributed by atoms with E-state index in [1.54, 1.807) is 0 Å². The molecule has 0 spiro atoms. The first-order valence-electron chi connectivity index (χ1n) is 7.10. The van der Waals surface area contributed by atoms with Gasteiger partial charge in [0.15, 0.2) is 5.82 Å². The van der Waals surface area contributed by atoms with Gasteiger partial charge in [-0.1, -0.05) is 18.5 Å². The van der Waals surface area contributed by atoms with Crippen molar-refractivity contribution in [3.63, 3.8) is 0 Å². The van der Waals surface area contributed by atoms with Crippen molar-refractivity contribution in [2.75, 3.05) is 0 Å². The van der Waals surface area contributed by atoms with Crippen LogP contribution in [0.5, 0.6) is 0 Å². The van der Waals surface area contributed by atoms with Crippen molar-refractivity contribution < 1.29 is 9.63 Å². The highest BCUT2D eigenvalue weighted by atomic mass is 16.5. The molecule has 1 aliphatic carbocycles. The van der Waals surface area contributed by atoms with Gasteiger partial charge in [0.1, 0.15) is 0 Å². The van der Waals surface area contributed by atoms with Gasteiger partial charge in [0, 0.05) is 5.92 Å². The second-order valence-electron chi connectivity index (χ2n) is 5.39. The Morgan fingerprint density at radius 2 is 2.16 bits per heavy atom. The molecule has 0 aliphatic heterocycles. The van der Waals surface area contributed by atoms with Crippen LogP contribution in [0.15, 0.2) is 4.52 Å². The quantitative estimate of drug-likeness (QED) is 0.882. The van der Waals surface area contributed by atoms with Crippen molar-refractivity contribution in [3.8, 4) is 6.07 Å². The highest BCUT2D eigenvalue weighted by Gasteiger charge is 2.25. The zero-order chi connectivity index (χ0) is 13.7. The molecule has 1 N–H and O–H groups in total. The van der Waals surface area contributed by atoms with E-state index in [4.69, 9.17) is 9.78 Å². The topological polar surface area (TPSA) is 82.9 Å². The number of aliphatic hydroxyl groups excluding tert-OH is 1. The summed E-state index contributed by atoms with van der Waals surface area (Å²) in [6.45, 7) is 2.24. The minimum absolute atomic E-state index is 0.0965. The average Bonchev–Trinajstić information content (AvgIpc) is 2.87. The van der Waals surface area contributed by atoms with E-state index >= 15 is 0 Å². The third kappa shape index (κ3) is 3.77. The average molecular weight is 263 g/mol. The van der Waals surface area contributed by atoms with Crippen LogP contribution in [0, 0.1) is 17.2 Å². The van der Waals surface area contributed by atoms with Crippen molar-refractivity contribution in [2.24, 2.45) is 5.92 Å². The summed E-state index contributed by atoms with van der Waals surface area (Å²) < 4.78 is 5.16. The Bertz CT molecular complexity index is 430. The van der Waals surface area contributed by atoms with Crippen LogP contribution >= 0.6 is 0 Å². The Balaban J connectivity index is 1.89. The molecule has 0 bridgehead atoms. The van der Waals surface area contributed by atoms with Crippen LogP contribution in [0.3, 0.4) is 0 Å². The van der Waals surface area contributed by atoms with Crippen molar-refractivity contribution in [1.29, 1.82) is 5.26 Å². The van der Waals surface area contributed by atoms with Crippen molar-refractivity contribution in [2.45, 2.75) is 63.9 Å². The van der Waals surface area contributed by atoms with Gasteiger partial charge < -0.3 is 9.63 Å². The van der Waals surface area contributed by atoms with E-state index in [-0.39, 0.29) is 12.8 Å². The number of nitriles is 1. The van der Waals surface area contributed by atoms with Crippen LogP contribution in [-0.4, -0.2) is 21.4 Å². The van der Waals surface area contributed by atoms with Crippen LogP contribution in [-0.2, 0) is 6.42 Å². The summed E-state index contributed by atoms with van der Waals surface area (Å²) in [5.41, 5.74) is 0. The summed E-state index contributed by atoms with van der Waals surface area (Å²) in [5.74, 6) is 2.46. The maximum Gasteiger partial charge on any atom is 0.229 e. The Hall–Kier alpha value is -1.41. The second-order valence-corrected chi connectivity index (χ2v) is 5.39. The van der Waals surface area contributed by atoms with Gasteiger partial charge in [-0.05, 0) is 31.6 Å². The van der Waals surface area contributed by atoms with Gasteiger partial charge in [-0.15, -0.1) is 0 Å². The monoisotopic (exact) mass is 263 g/mol. The predicted molar refractivity (Wildman–Crippen MR) is 69.2 cm³/mol. The summed E-state index contributed by atoms with van der Waals surface area (Å²) in [4.78, 5) is 4.36. The fourth-order valence-electron chi connectivity index (χ4n) is 2.72. The normalized spacial score (nSPS) is 24.9. The van der Waals surface area contributed by atoms with E-state index < -0.39 is 6.10 Å². The van der Waals surface area contributed by atoms with Crippen molar-refractivity contribution in [3.05, 3.63) is 11.7 Å². The van der Waals surface area contributed by atoms with Gasteiger partial charge in [0.25, 0.3) is 0 Å². The van der Waals surface area contributed by atoms with Crippen LogP contribution in [0.4, 0.5) is 0 Å². The molecule has 1 aliphatic rings. The third-order valence-electron chi connectivity index (χ3n) is 4.01. The van der Waals surface area contributed by atoms with E-state index in [1.807, 2.05) is 6.07 Å². The molecule has 1 saturated carbocycles. The molecule has 0 amide bonds. The molecule has 1 aromatic heterocycles. The number of aliphatic hydroxyl groups is 1. The minimum atomic E-state index is -0.714. The Labute approximate surface area is 113 Å². The summed E-state index contributed by atoms with van der Waals surface area (Å²) in [7, 11) is 0. The zero-order valence-corrected chi connectivity index (χ0v) is 11.4. The standard InChI is InChI=1S/C14H21N3O2/c1-2-10-3-5-11(6-4-10)14-16-13(19-17-14)9-12(18)7-8-15/h10-12,18H,2-7,9H2,1H3. The number of hydrogen-bond acceptors (Lipinski definition) is 5. The van der Waals surface area contributed by atoms with Gasteiger partial charge in [0.05, 0.1) is 25.0 Å². The molecule has 2 rings (SSSR count). The molecule has 1 aromatic rings. The molecule has 0 aromatic carbocycles. The van der Waals surface area contributed by atoms with Crippen LogP contribution in [0.1, 0.15) is 63.1 Å². The Morgan fingerprint density at radius 3 is 2.79 bits per heavy atom. The highest BCUT2D eigenvalue weighted by molar-refractivity contribution is 4.98. The van der Waals surface area contributed by atoms with E-state index in [1.165, 1.54) is 19.3 Å². The van der Waals surface area contributed by atoms with E-state index in [0.717, 1.165) is 24.6 Å². The number of aromatic nitrogens is 2. The van der Waals surface area contributed by atoms with Crippen molar-refractivity contribution >= 4 is 0 Å². The van der Waals surface area contributed by atoms with Gasteiger partial charge in [-0.25, -0.2) is 0 Å². The maximum atomic E-state index is 9.54. The Morgan fingerprint density at radius 1 is 1.42 bits per heavy atom. The summed E-state index contributed by atoms with van der Waals surface area (Å²) in [6.07, 6.45) is 5.63. The van der Waals surface area contributed by atoms with E-state index in [0.29, 0.717) is 11.8 Å². The first-order chi connectivity index (χ1) is 9.22. The zero-order valence-electron chi connectivity index (χ0n) is 11.4. The van der Waals surface area contributed by atoms with Gasteiger partial charge >= 0.3 is 0 Å². The van der Waals surface area contributed by atoms with Gasteiger partial charge in [-0.2, -0.15) is 10.2 Å². The van der Waals surface area contributed by atoms with Crippen LogP contribution in [0.25, 0.3) is 0 Å². The number of hydrogen-bond donors (Lipinski definition) is 1. The molecule has 5 heteroatoms. The fraction of sp³-hybridized carbons (Fsp3) is 0.786. The molecule has 1 heterocycles. The van der Waals surface area contributed by atoms with Crippen molar-refractivity contribution in [1.82, 2.24) is 10.1 Å². The number of nitrogens with zero attached hydrogens (tertiary/aromatic N) is 3. The van der Waals surface area contributed by atoms with Gasteiger partial charge in [0.2, 0.25) is 5.89 Å². The highest BCUT2D eigenvalue weighted by Crippen LogP contribution is 2.35. The lowest BCUT2D eigenvalue weighted by atomic mass is 9.80. The maximum absolute atomic E-state index is 9.54. The lowest BCUT2D eigenvalue weighted by Crippen LogP contribution is -2.14. The molecule has 0 radical (unpaired) electrons. The van der Waals surface area contributed by atoms with Crippen LogP contribution < -0.4 is 0 Å². The summed E-state index contributed by atoms with van der Waals surface area (Å²) in [6, 6.07) is 1.93. The first-order valence-corrected chi connectivity index (χ1v) is 7.10. The Kier molecular flexibility index (Phi) is 4.92. The summed E-state index contributed by atoms with van der Waals surface area (Å²) >= 11 is 0. The largest absolute Gasteiger partial charge is 0.392 e. The predicted octanol–water partition coefficient (Wildman–Crippen LogP) is 2.57. The minimum Gasteiger partial charge on any atom is -0.392 e. The molecule has 19 heavy (non-hydrogen) atoms. The SMILES string of the molecule is CCC1CCC(c2noc(CC(O)CC#N)n2)CC1. The molecule has 1 fully saturated rings. The van der Waals surface area contributed by atoms with E-state index in [2.05, 4.69) is 17.1 Å². The molecule has 5 nitrogen and oxygen atoms in total. The second kappa shape index (κ2) is 6.67. The molecule has 0 saturated heterocycles. The smallest absolute Gasteiger partial charge is 0.229 e. The summed E-state index contributed by atoms with van der Waals surface area (Å²) in [5, 5.41) is 22.1. The molecular weight excluding hydrogens is 242 g/mol. The number of rotatable bonds is 5. The lowest BCUT2D eigenvalue weighted by Gasteiger charge is -2.25. The third-order valence-corrected chi connectivity index (χ3v) is 4.01. The molecule has 104 valence electrons. The van der Waals surface area contributed by atoms with Crippen LogP contribution in [0.2, 0.25) is 0 Å².